The number of ketones is 1. The Kier molecular flexibility index (Phi) is 5.38. The minimum Gasteiger partial charge on any atom is -0.455 e. The van der Waals surface area contributed by atoms with E-state index < -0.39 is 5.91 Å². The van der Waals surface area contributed by atoms with Gasteiger partial charge in [-0.3, -0.25) is 14.4 Å². The maximum absolute atomic E-state index is 12.7. The molecule has 26 heavy (non-hydrogen) atoms. The summed E-state index contributed by atoms with van der Waals surface area (Å²) in [6.45, 7) is 1.57. The van der Waals surface area contributed by atoms with E-state index >= 15 is 0 Å². The number of halogens is 1. The van der Waals surface area contributed by atoms with Gasteiger partial charge in [-0.15, -0.1) is 0 Å². The number of nitrogens with one attached hydrogen (secondary N) is 1. The number of hydrogen-bond acceptors (Lipinski definition) is 4. The lowest BCUT2D eigenvalue weighted by molar-refractivity contribution is -0.148. The molecule has 0 aliphatic heterocycles. The van der Waals surface area contributed by atoms with Gasteiger partial charge in [-0.2, -0.15) is 0 Å². The van der Waals surface area contributed by atoms with Crippen LogP contribution in [0.15, 0.2) is 48.5 Å². The highest BCUT2D eigenvalue weighted by Crippen LogP contribution is 2.38. The lowest BCUT2D eigenvalue weighted by atomic mass is 10.0. The summed E-state index contributed by atoms with van der Waals surface area (Å²) >= 11 is 6.01. The normalized spacial score (nSPS) is 18.1. The maximum Gasteiger partial charge on any atom is 0.309 e. The van der Waals surface area contributed by atoms with Crippen LogP contribution in [0, 0.1) is 11.8 Å². The summed E-state index contributed by atoms with van der Waals surface area (Å²) < 4.78 is 5.02. The number of carbonyl (C=O) groups is 3. The van der Waals surface area contributed by atoms with Gasteiger partial charge in [-0.05, 0) is 30.5 Å². The van der Waals surface area contributed by atoms with E-state index in [1.54, 1.807) is 36.4 Å². The van der Waals surface area contributed by atoms with Crippen molar-refractivity contribution in [2.24, 2.45) is 11.8 Å². The van der Waals surface area contributed by atoms with Crippen molar-refractivity contribution in [2.75, 3.05) is 11.9 Å². The number of benzene rings is 2. The van der Waals surface area contributed by atoms with E-state index in [1.165, 1.54) is 6.07 Å². The molecule has 2 atom stereocenters. The molecule has 6 heteroatoms. The zero-order valence-electron chi connectivity index (χ0n) is 14.2. The molecule has 0 heterocycles. The van der Waals surface area contributed by atoms with Crippen molar-refractivity contribution in [1.82, 2.24) is 0 Å². The first-order valence-corrected chi connectivity index (χ1v) is 8.69. The zero-order chi connectivity index (χ0) is 18.7. The molecule has 2 aromatic rings. The average Bonchev–Trinajstić information content (AvgIpc) is 3.38. The molecule has 1 N–H and O–H groups in total. The largest absolute Gasteiger partial charge is 0.455 e. The third kappa shape index (κ3) is 4.29. The first kappa shape index (κ1) is 18.1. The Morgan fingerprint density at radius 3 is 2.50 bits per heavy atom. The SMILES string of the molecule is C[C@@H]1C[C@@H]1C(=O)OCC(=O)Nc1ccc(Cl)cc1C(=O)c1ccccc1. The van der Waals surface area contributed by atoms with Gasteiger partial charge in [-0.1, -0.05) is 48.9 Å². The van der Waals surface area contributed by atoms with Crippen molar-refractivity contribution in [2.45, 2.75) is 13.3 Å². The Morgan fingerprint density at radius 1 is 1.15 bits per heavy atom. The number of rotatable bonds is 6. The van der Waals surface area contributed by atoms with E-state index in [0.717, 1.165) is 6.42 Å². The quantitative estimate of drug-likeness (QED) is 0.620. The molecule has 1 amide bonds. The van der Waals surface area contributed by atoms with Gasteiger partial charge in [0.1, 0.15) is 0 Å². The molecule has 1 aliphatic rings. The van der Waals surface area contributed by atoms with Crippen molar-refractivity contribution < 1.29 is 19.1 Å². The Balaban J connectivity index is 1.70. The fourth-order valence-electron chi connectivity index (χ4n) is 2.64. The molecule has 0 radical (unpaired) electrons. The molecule has 1 saturated carbocycles. The molecule has 0 unspecified atom stereocenters. The van der Waals surface area contributed by atoms with Crippen LogP contribution in [0.5, 0.6) is 0 Å². The Hall–Kier alpha value is -2.66. The molecular weight excluding hydrogens is 354 g/mol. The third-order valence-corrected chi connectivity index (χ3v) is 4.53. The highest BCUT2D eigenvalue weighted by atomic mass is 35.5. The first-order valence-electron chi connectivity index (χ1n) is 8.31. The number of ether oxygens (including phenoxy) is 1. The van der Waals surface area contributed by atoms with Crippen LogP contribution < -0.4 is 5.32 Å². The van der Waals surface area contributed by atoms with Gasteiger partial charge in [0.15, 0.2) is 12.4 Å². The van der Waals surface area contributed by atoms with E-state index in [1.807, 2.05) is 13.0 Å². The molecular formula is C20H18ClNO4. The highest BCUT2D eigenvalue weighted by Gasteiger charge is 2.40. The summed E-state index contributed by atoms with van der Waals surface area (Å²) in [4.78, 5) is 36.5. The van der Waals surface area contributed by atoms with Gasteiger partial charge in [0.2, 0.25) is 0 Å². The van der Waals surface area contributed by atoms with E-state index in [2.05, 4.69) is 5.32 Å². The summed E-state index contributed by atoms with van der Waals surface area (Å²) in [5, 5.41) is 3.00. The van der Waals surface area contributed by atoms with E-state index in [4.69, 9.17) is 16.3 Å². The van der Waals surface area contributed by atoms with Crippen molar-refractivity contribution in [3.05, 3.63) is 64.7 Å². The predicted molar refractivity (Wildman–Crippen MR) is 98.2 cm³/mol. The first-order chi connectivity index (χ1) is 12.5. The lowest BCUT2D eigenvalue weighted by Crippen LogP contribution is -2.23. The average molecular weight is 372 g/mol. The van der Waals surface area contributed by atoms with E-state index in [-0.39, 0.29) is 29.8 Å². The summed E-state index contributed by atoms with van der Waals surface area (Å²) in [5.41, 5.74) is 1.09. The molecule has 134 valence electrons. The molecule has 2 aromatic carbocycles. The predicted octanol–water partition coefficient (Wildman–Crippen LogP) is 3.71. The van der Waals surface area contributed by atoms with Crippen LogP contribution in [-0.2, 0) is 14.3 Å². The van der Waals surface area contributed by atoms with Gasteiger partial charge >= 0.3 is 5.97 Å². The van der Waals surface area contributed by atoms with Crippen LogP contribution in [0.4, 0.5) is 5.69 Å². The number of anilines is 1. The molecule has 1 fully saturated rings. The minimum atomic E-state index is -0.504. The number of carbonyl (C=O) groups excluding carboxylic acids is 3. The standard InChI is InChI=1S/C20H18ClNO4/c1-12-9-15(12)20(25)26-11-18(23)22-17-8-7-14(21)10-16(17)19(24)13-5-3-2-4-6-13/h2-8,10,12,15H,9,11H2,1H3,(H,22,23)/t12-,15+/m1/s1. The number of esters is 1. The van der Waals surface area contributed by atoms with Gasteiger partial charge in [-0.25, -0.2) is 0 Å². The van der Waals surface area contributed by atoms with Crippen LogP contribution in [0.2, 0.25) is 5.02 Å². The second-order valence-corrected chi connectivity index (χ2v) is 6.80. The maximum atomic E-state index is 12.7. The molecule has 0 saturated heterocycles. The summed E-state index contributed by atoms with van der Waals surface area (Å²) in [5.74, 6) is -0.905. The van der Waals surface area contributed by atoms with E-state index in [0.29, 0.717) is 22.2 Å². The Bertz CT molecular complexity index is 850. The van der Waals surface area contributed by atoms with Crippen molar-refractivity contribution >= 4 is 34.9 Å². The lowest BCUT2D eigenvalue weighted by Gasteiger charge is -2.11. The van der Waals surface area contributed by atoms with Gasteiger partial charge in [0.05, 0.1) is 11.6 Å². The smallest absolute Gasteiger partial charge is 0.309 e. The molecule has 3 rings (SSSR count). The molecule has 0 spiro atoms. The van der Waals surface area contributed by atoms with Gasteiger partial charge in [0, 0.05) is 16.1 Å². The summed E-state index contributed by atoms with van der Waals surface area (Å²) in [6.07, 6.45) is 0.799. The fourth-order valence-corrected chi connectivity index (χ4v) is 2.81. The van der Waals surface area contributed by atoms with E-state index in [9.17, 15) is 14.4 Å². The van der Waals surface area contributed by atoms with Crippen LogP contribution in [0.3, 0.4) is 0 Å². The van der Waals surface area contributed by atoms with Gasteiger partial charge in [0.25, 0.3) is 5.91 Å². The second-order valence-electron chi connectivity index (χ2n) is 6.36. The monoisotopic (exact) mass is 371 g/mol. The molecule has 0 bridgehead atoms. The highest BCUT2D eigenvalue weighted by molar-refractivity contribution is 6.31. The van der Waals surface area contributed by atoms with Crippen LogP contribution in [0.1, 0.15) is 29.3 Å². The van der Waals surface area contributed by atoms with Crippen molar-refractivity contribution in [3.8, 4) is 0 Å². The summed E-state index contributed by atoms with van der Waals surface area (Å²) in [7, 11) is 0. The van der Waals surface area contributed by atoms with Gasteiger partial charge < -0.3 is 10.1 Å². The van der Waals surface area contributed by atoms with Crippen LogP contribution in [0.25, 0.3) is 0 Å². The van der Waals surface area contributed by atoms with Crippen molar-refractivity contribution in [1.29, 1.82) is 0 Å². The molecule has 5 nitrogen and oxygen atoms in total. The summed E-state index contributed by atoms with van der Waals surface area (Å²) in [6, 6.07) is 13.3. The topological polar surface area (TPSA) is 72.5 Å². The van der Waals surface area contributed by atoms with Crippen molar-refractivity contribution in [3.63, 3.8) is 0 Å². The number of hydrogen-bond donors (Lipinski definition) is 1. The Morgan fingerprint density at radius 2 is 1.85 bits per heavy atom. The molecule has 0 aromatic heterocycles. The fraction of sp³-hybridized carbons (Fsp3) is 0.250. The number of amides is 1. The van der Waals surface area contributed by atoms with Crippen LogP contribution in [-0.4, -0.2) is 24.3 Å². The minimum absolute atomic E-state index is 0.103. The third-order valence-electron chi connectivity index (χ3n) is 4.29. The van der Waals surface area contributed by atoms with Crippen LogP contribution >= 0.6 is 11.6 Å². The second kappa shape index (κ2) is 7.70. The Labute approximate surface area is 156 Å². The molecule has 1 aliphatic carbocycles. The zero-order valence-corrected chi connectivity index (χ0v) is 15.0.